The van der Waals surface area contributed by atoms with Gasteiger partial charge in [0.2, 0.25) is 0 Å². The molecule has 0 bridgehead atoms. The molecule has 3 heteroatoms. The van der Waals surface area contributed by atoms with Gasteiger partial charge in [0.1, 0.15) is 0 Å². The molecule has 0 saturated heterocycles. The summed E-state index contributed by atoms with van der Waals surface area (Å²) in [5.41, 5.74) is 3.01. The number of para-hydroxylation sites is 1. The molecule has 1 aromatic carbocycles. The van der Waals surface area contributed by atoms with Crippen LogP contribution in [0.15, 0.2) is 79.9 Å². The first-order chi connectivity index (χ1) is 10.8. The Kier molecular flexibility index (Phi) is 6.00. The first-order valence-electron chi connectivity index (χ1n) is 7.31. The highest BCUT2D eigenvalue weighted by atomic mass is 15.2. The van der Waals surface area contributed by atoms with E-state index >= 15 is 0 Å². The van der Waals surface area contributed by atoms with E-state index < -0.39 is 0 Å². The molecular formula is C19H21N3. The second-order valence-electron chi connectivity index (χ2n) is 4.78. The monoisotopic (exact) mass is 291 g/mol. The molecule has 0 atom stereocenters. The average molecular weight is 291 g/mol. The van der Waals surface area contributed by atoms with Crippen molar-refractivity contribution in [2.24, 2.45) is 0 Å². The van der Waals surface area contributed by atoms with Crippen LogP contribution < -0.4 is 5.32 Å². The molecule has 0 aliphatic rings. The molecule has 2 aromatic rings. The van der Waals surface area contributed by atoms with E-state index in [0.717, 1.165) is 35.6 Å². The van der Waals surface area contributed by atoms with Crippen LogP contribution in [0.25, 0.3) is 5.57 Å². The molecule has 0 spiro atoms. The predicted octanol–water partition coefficient (Wildman–Crippen LogP) is 5.25. The first kappa shape index (κ1) is 15.6. The Morgan fingerprint density at radius 1 is 1.18 bits per heavy atom. The number of nitrogens with one attached hydrogen (secondary N) is 2. The summed E-state index contributed by atoms with van der Waals surface area (Å²) in [7, 11) is 0. The third kappa shape index (κ3) is 4.63. The molecule has 0 amide bonds. The van der Waals surface area contributed by atoms with Gasteiger partial charge in [-0.2, -0.15) is 5.10 Å². The van der Waals surface area contributed by atoms with E-state index in [1.807, 2.05) is 48.6 Å². The Labute approximate surface area is 131 Å². The van der Waals surface area contributed by atoms with Crippen molar-refractivity contribution < 1.29 is 0 Å². The third-order valence-corrected chi connectivity index (χ3v) is 3.07. The van der Waals surface area contributed by atoms with E-state index in [0.29, 0.717) is 0 Å². The van der Waals surface area contributed by atoms with Crippen LogP contribution in [0.5, 0.6) is 0 Å². The number of rotatable bonds is 8. The van der Waals surface area contributed by atoms with Crippen molar-refractivity contribution in [1.82, 2.24) is 10.2 Å². The highest BCUT2D eigenvalue weighted by molar-refractivity contribution is 5.74. The Hall–Kier alpha value is -2.81. The van der Waals surface area contributed by atoms with E-state index in [9.17, 15) is 0 Å². The van der Waals surface area contributed by atoms with Gasteiger partial charge in [-0.05, 0) is 30.5 Å². The minimum Gasteiger partial charge on any atom is -0.339 e. The number of aromatic amines is 1. The molecule has 1 heterocycles. The molecule has 22 heavy (non-hydrogen) atoms. The van der Waals surface area contributed by atoms with Gasteiger partial charge in [-0.25, -0.2) is 0 Å². The van der Waals surface area contributed by atoms with Crippen molar-refractivity contribution in [3.63, 3.8) is 0 Å². The minimum atomic E-state index is 0.788. The van der Waals surface area contributed by atoms with Gasteiger partial charge in [-0.3, -0.25) is 5.10 Å². The fraction of sp³-hybridized carbons (Fsp3) is 0.105. The van der Waals surface area contributed by atoms with Crippen molar-refractivity contribution in [2.45, 2.75) is 12.8 Å². The highest BCUT2D eigenvalue weighted by Gasteiger charge is 2.04. The lowest BCUT2D eigenvalue weighted by molar-refractivity contribution is 1.05. The number of allylic oxidation sites excluding steroid dienone is 6. The summed E-state index contributed by atoms with van der Waals surface area (Å²) < 4.78 is 0. The number of hydrogen-bond donors (Lipinski definition) is 2. The molecule has 2 N–H and O–H groups in total. The van der Waals surface area contributed by atoms with Crippen LogP contribution in [-0.2, 0) is 0 Å². The Bertz CT molecular complexity index is 663. The van der Waals surface area contributed by atoms with Gasteiger partial charge < -0.3 is 5.32 Å². The third-order valence-electron chi connectivity index (χ3n) is 3.07. The van der Waals surface area contributed by atoms with Gasteiger partial charge in [0.25, 0.3) is 0 Å². The lowest BCUT2D eigenvalue weighted by atomic mass is 10.1. The van der Waals surface area contributed by atoms with Gasteiger partial charge in [0.15, 0.2) is 5.82 Å². The summed E-state index contributed by atoms with van der Waals surface area (Å²) in [5.74, 6) is 0.788. The largest absolute Gasteiger partial charge is 0.339 e. The van der Waals surface area contributed by atoms with E-state index in [4.69, 9.17) is 0 Å². The topological polar surface area (TPSA) is 40.7 Å². The first-order valence-corrected chi connectivity index (χ1v) is 7.31. The highest BCUT2D eigenvalue weighted by Crippen LogP contribution is 2.20. The van der Waals surface area contributed by atoms with Crippen molar-refractivity contribution in [3.05, 3.63) is 85.6 Å². The Morgan fingerprint density at radius 3 is 2.73 bits per heavy atom. The molecule has 0 radical (unpaired) electrons. The molecule has 0 aliphatic heterocycles. The zero-order chi connectivity index (χ0) is 15.6. The molecule has 2 rings (SSSR count). The number of anilines is 2. The van der Waals surface area contributed by atoms with Gasteiger partial charge >= 0.3 is 0 Å². The number of benzene rings is 1. The van der Waals surface area contributed by atoms with Gasteiger partial charge in [-0.15, -0.1) is 6.58 Å². The predicted molar refractivity (Wildman–Crippen MR) is 95.1 cm³/mol. The van der Waals surface area contributed by atoms with Crippen LogP contribution in [0.4, 0.5) is 11.5 Å². The molecule has 0 fully saturated rings. The van der Waals surface area contributed by atoms with Gasteiger partial charge in [-0.1, -0.05) is 55.2 Å². The quantitative estimate of drug-likeness (QED) is 0.396. The Morgan fingerprint density at radius 2 is 2.00 bits per heavy atom. The van der Waals surface area contributed by atoms with Gasteiger partial charge in [0, 0.05) is 11.8 Å². The van der Waals surface area contributed by atoms with E-state index in [1.165, 1.54) is 0 Å². The van der Waals surface area contributed by atoms with Crippen molar-refractivity contribution in [2.75, 3.05) is 5.32 Å². The fourth-order valence-corrected chi connectivity index (χ4v) is 1.99. The molecule has 112 valence electrons. The lowest BCUT2D eigenvalue weighted by Gasteiger charge is -2.00. The summed E-state index contributed by atoms with van der Waals surface area (Å²) in [6.45, 7) is 7.49. The number of aromatic nitrogens is 2. The zero-order valence-electron chi connectivity index (χ0n) is 12.6. The summed E-state index contributed by atoms with van der Waals surface area (Å²) in [5, 5.41) is 10.6. The second kappa shape index (κ2) is 8.47. The van der Waals surface area contributed by atoms with E-state index in [-0.39, 0.29) is 0 Å². The zero-order valence-corrected chi connectivity index (χ0v) is 12.6. The van der Waals surface area contributed by atoms with Crippen LogP contribution in [-0.4, -0.2) is 10.2 Å². The van der Waals surface area contributed by atoms with Crippen LogP contribution in [0.3, 0.4) is 0 Å². The number of hydrogen-bond acceptors (Lipinski definition) is 2. The summed E-state index contributed by atoms with van der Waals surface area (Å²) >= 11 is 0. The fourth-order valence-electron chi connectivity index (χ4n) is 1.99. The number of nitrogens with zero attached hydrogens (tertiary/aromatic N) is 1. The van der Waals surface area contributed by atoms with E-state index in [1.54, 1.807) is 6.08 Å². The molecule has 0 aliphatic carbocycles. The standard InChI is InChI=1S/C19H21N3/c1-3-5-6-8-12-16(11-4-2)18-15-19(22-21-18)20-17-13-9-7-10-14-17/h3-4,7-15H,1-2,5-6H2,(H2,20,21,22)/b12-8-,16-11+. The summed E-state index contributed by atoms with van der Waals surface area (Å²) in [4.78, 5) is 0. The van der Waals surface area contributed by atoms with Crippen molar-refractivity contribution in [3.8, 4) is 0 Å². The minimum absolute atomic E-state index is 0.788. The number of H-pyrrole nitrogens is 1. The van der Waals surface area contributed by atoms with Gasteiger partial charge in [0.05, 0.1) is 5.69 Å². The molecule has 3 nitrogen and oxygen atoms in total. The maximum absolute atomic E-state index is 4.30. The molecule has 1 aromatic heterocycles. The smallest absolute Gasteiger partial charge is 0.152 e. The van der Waals surface area contributed by atoms with Crippen LogP contribution >= 0.6 is 0 Å². The average Bonchev–Trinajstić information content (AvgIpc) is 3.00. The maximum atomic E-state index is 4.30. The van der Waals surface area contributed by atoms with Crippen molar-refractivity contribution in [1.29, 1.82) is 0 Å². The van der Waals surface area contributed by atoms with Crippen LogP contribution in [0.1, 0.15) is 18.5 Å². The molecular weight excluding hydrogens is 270 g/mol. The van der Waals surface area contributed by atoms with Crippen LogP contribution in [0, 0.1) is 0 Å². The normalized spacial score (nSPS) is 11.5. The SMILES string of the molecule is C=C/C=C(\C=C/CCC=C)c1cc(Nc2ccccc2)n[nH]1. The molecule has 0 unspecified atom stereocenters. The molecule has 0 saturated carbocycles. The maximum Gasteiger partial charge on any atom is 0.152 e. The second-order valence-corrected chi connectivity index (χ2v) is 4.78. The van der Waals surface area contributed by atoms with E-state index in [2.05, 4.69) is 40.8 Å². The number of unbranched alkanes of at least 4 members (excludes halogenated alkanes) is 1. The lowest BCUT2D eigenvalue weighted by Crippen LogP contribution is -1.88. The summed E-state index contributed by atoms with van der Waals surface area (Å²) in [6, 6.07) is 12.0. The van der Waals surface area contributed by atoms with Crippen molar-refractivity contribution >= 4 is 17.1 Å². The summed E-state index contributed by atoms with van der Waals surface area (Å²) in [6.07, 6.45) is 11.8. The Balaban J connectivity index is 2.10. The van der Waals surface area contributed by atoms with Crippen LogP contribution in [0.2, 0.25) is 0 Å².